The van der Waals surface area contributed by atoms with Crippen molar-refractivity contribution in [3.8, 4) is 0 Å². The minimum atomic E-state index is -4.91. The number of rotatable bonds is 4. The molecule has 0 bridgehead atoms. The number of hydrogen-bond donors (Lipinski definition) is 4. The van der Waals surface area contributed by atoms with Crippen molar-refractivity contribution >= 4 is 36.7 Å². The second-order valence-electron chi connectivity index (χ2n) is 4.70. The number of fused-ring (bicyclic) bond motifs is 1. The highest BCUT2D eigenvalue weighted by Gasteiger charge is 2.39. The molecule has 2 unspecified atom stereocenters. The van der Waals surface area contributed by atoms with E-state index in [1.807, 2.05) is 0 Å². The Balaban J connectivity index is 2.83. The molecule has 6 N–H and O–H groups in total. The fraction of sp³-hybridized carbons (Fsp3) is 0.167. The Morgan fingerprint density at radius 2 is 1.41 bits per heavy atom. The van der Waals surface area contributed by atoms with Crippen molar-refractivity contribution in [2.75, 3.05) is 5.73 Å². The zero-order chi connectivity index (χ0) is 16.7. The molecule has 2 aromatic rings. The molecule has 0 aromatic heterocycles. The monoisotopic (exact) mass is 346 g/mol. The van der Waals surface area contributed by atoms with Crippen molar-refractivity contribution in [1.29, 1.82) is 0 Å². The van der Waals surface area contributed by atoms with Crippen LogP contribution in [0.1, 0.15) is 10.8 Å². The number of benzene rings is 2. The SMILES string of the molecule is Nc1ccc(C(C(N)S(=O)(=O)O)S(=O)(=O)O)c2ccccc12. The lowest BCUT2D eigenvalue weighted by Gasteiger charge is -2.21. The van der Waals surface area contributed by atoms with E-state index >= 15 is 0 Å². The van der Waals surface area contributed by atoms with Crippen LogP contribution in [0.4, 0.5) is 5.69 Å². The molecular weight excluding hydrogens is 332 g/mol. The molecule has 0 heterocycles. The summed E-state index contributed by atoms with van der Waals surface area (Å²) in [5, 5.41) is -3.51. The van der Waals surface area contributed by atoms with Gasteiger partial charge in [0.2, 0.25) is 0 Å². The summed E-state index contributed by atoms with van der Waals surface area (Å²) in [4.78, 5) is 0. The molecule has 0 aliphatic heterocycles. The third-order valence-corrected chi connectivity index (χ3v) is 5.58. The first-order valence-corrected chi connectivity index (χ1v) is 8.99. The van der Waals surface area contributed by atoms with Crippen LogP contribution in [0.5, 0.6) is 0 Å². The highest BCUT2D eigenvalue weighted by molar-refractivity contribution is 7.90. The van der Waals surface area contributed by atoms with Crippen LogP contribution in [-0.2, 0) is 20.2 Å². The third-order valence-electron chi connectivity index (χ3n) is 3.26. The van der Waals surface area contributed by atoms with E-state index < -0.39 is 30.9 Å². The van der Waals surface area contributed by atoms with Gasteiger partial charge in [-0.15, -0.1) is 0 Å². The molecule has 10 heteroatoms. The first-order chi connectivity index (χ1) is 10.0. The average Bonchev–Trinajstić information content (AvgIpc) is 2.39. The smallest absolute Gasteiger partial charge is 0.282 e. The standard InChI is InChI=1S/C12H14N2O6S2/c13-10-6-5-9(7-3-1-2-4-8(7)10)11(21(15,16)17)12(14)22(18,19)20/h1-6,11-12H,13-14H2,(H,15,16,17)(H,18,19,20). The summed E-state index contributed by atoms with van der Waals surface area (Å²) in [5.74, 6) is 0. The molecule has 0 radical (unpaired) electrons. The summed E-state index contributed by atoms with van der Waals surface area (Å²) in [6.45, 7) is 0. The summed E-state index contributed by atoms with van der Waals surface area (Å²) in [6, 6.07) is 8.98. The topological polar surface area (TPSA) is 161 Å². The molecule has 0 amide bonds. The van der Waals surface area contributed by atoms with Crippen LogP contribution in [0.2, 0.25) is 0 Å². The maximum Gasteiger partial charge on any atom is 0.282 e. The molecule has 2 atom stereocenters. The molecule has 0 aliphatic rings. The van der Waals surface area contributed by atoms with Gasteiger partial charge in [-0.2, -0.15) is 16.8 Å². The Labute approximate surface area is 127 Å². The van der Waals surface area contributed by atoms with Crippen LogP contribution in [0.25, 0.3) is 10.8 Å². The Morgan fingerprint density at radius 1 is 0.864 bits per heavy atom. The molecule has 22 heavy (non-hydrogen) atoms. The van der Waals surface area contributed by atoms with Gasteiger partial charge in [0.1, 0.15) is 5.25 Å². The van der Waals surface area contributed by atoms with E-state index in [0.29, 0.717) is 16.5 Å². The molecule has 2 rings (SSSR count). The van der Waals surface area contributed by atoms with Crippen LogP contribution < -0.4 is 11.5 Å². The molecule has 0 spiro atoms. The third kappa shape index (κ3) is 3.05. The van der Waals surface area contributed by atoms with Crippen molar-refractivity contribution in [1.82, 2.24) is 0 Å². The Bertz CT molecular complexity index is 924. The minimum Gasteiger partial charge on any atom is -0.398 e. The lowest BCUT2D eigenvalue weighted by molar-refractivity contribution is 0.441. The normalized spacial score (nSPS) is 15.6. The summed E-state index contributed by atoms with van der Waals surface area (Å²) < 4.78 is 64.1. The van der Waals surface area contributed by atoms with Gasteiger partial charge < -0.3 is 11.5 Å². The maximum atomic E-state index is 11.6. The Kier molecular flexibility index (Phi) is 4.15. The van der Waals surface area contributed by atoms with Crippen LogP contribution in [0.3, 0.4) is 0 Å². The van der Waals surface area contributed by atoms with Gasteiger partial charge in [0.05, 0.1) is 0 Å². The molecule has 0 aliphatic carbocycles. The first-order valence-electron chi connectivity index (χ1n) is 5.99. The van der Waals surface area contributed by atoms with E-state index in [4.69, 9.17) is 16.0 Å². The molecule has 2 aromatic carbocycles. The Morgan fingerprint density at radius 3 is 1.91 bits per heavy atom. The van der Waals surface area contributed by atoms with Gasteiger partial charge in [0.15, 0.2) is 5.37 Å². The predicted octanol–water partition coefficient (Wildman–Crippen LogP) is 0.524. The number of anilines is 1. The van der Waals surface area contributed by atoms with Gasteiger partial charge in [-0.05, 0) is 17.0 Å². The molecular formula is C12H14N2O6S2. The summed E-state index contributed by atoms with van der Waals surface area (Å²) in [5.41, 5.74) is 11.4. The predicted molar refractivity (Wildman–Crippen MR) is 82.2 cm³/mol. The molecule has 0 fully saturated rings. The van der Waals surface area contributed by atoms with Crippen LogP contribution in [-0.4, -0.2) is 31.3 Å². The second kappa shape index (κ2) is 5.48. The summed E-state index contributed by atoms with van der Waals surface area (Å²) in [6.07, 6.45) is 0. The quantitative estimate of drug-likeness (QED) is 0.460. The summed E-state index contributed by atoms with van der Waals surface area (Å²) in [7, 11) is -9.81. The van der Waals surface area contributed by atoms with E-state index in [0.717, 1.165) is 0 Å². The summed E-state index contributed by atoms with van der Waals surface area (Å²) >= 11 is 0. The van der Waals surface area contributed by atoms with Gasteiger partial charge in [-0.3, -0.25) is 9.11 Å². The fourth-order valence-electron chi connectivity index (χ4n) is 2.26. The number of nitrogen functional groups attached to an aromatic ring is 1. The van der Waals surface area contributed by atoms with Crippen LogP contribution >= 0.6 is 0 Å². The van der Waals surface area contributed by atoms with Crippen LogP contribution in [0, 0.1) is 0 Å². The first kappa shape index (κ1) is 16.6. The number of nitrogens with two attached hydrogens (primary N) is 2. The molecule has 0 saturated carbocycles. The lowest BCUT2D eigenvalue weighted by atomic mass is 10.0. The van der Waals surface area contributed by atoms with Crippen molar-refractivity contribution in [3.05, 3.63) is 42.0 Å². The van der Waals surface area contributed by atoms with Gasteiger partial charge >= 0.3 is 0 Å². The average molecular weight is 346 g/mol. The molecule has 0 saturated heterocycles. The maximum absolute atomic E-state index is 11.6. The van der Waals surface area contributed by atoms with E-state index in [1.165, 1.54) is 18.2 Å². The van der Waals surface area contributed by atoms with Crippen molar-refractivity contribution in [2.24, 2.45) is 5.73 Å². The van der Waals surface area contributed by atoms with E-state index in [2.05, 4.69) is 0 Å². The second-order valence-corrected chi connectivity index (χ2v) is 7.82. The van der Waals surface area contributed by atoms with E-state index in [9.17, 15) is 21.4 Å². The van der Waals surface area contributed by atoms with Gasteiger partial charge in [-0.25, -0.2) is 0 Å². The zero-order valence-corrected chi connectivity index (χ0v) is 12.8. The van der Waals surface area contributed by atoms with Crippen molar-refractivity contribution in [3.63, 3.8) is 0 Å². The minimum absolute atomic E-state index is 0.0718. The number of hydrogen-bond acceptors (Lipinski definition) is 6. The van der Waals surface area contributed by atoms with E-state index in [1.54, 1.807) is 18.2 Å². The van der Waals surface area contributed by atoms with E-state index in [-0.39, 0.29) is 5.56 Å². The zero-order valence-electron chi connectivity index (χ0n) is 11.1. The molecule has 120 valence electrons. The van der Waals surface area contributed by atoms with Gasteiger partial charge in [0.25, 0.3) is 20.2 Å². The highest BCUT2D eigenvalue weighted by Crippen LogP contribution is 2.34. The Hall–Kier alpha value is -1.72. The van der Waals surface area contributed by atoms with Crippen LogP contribution in [0.15, 0.2) is 36.4 Å². The lowest BCUT2D eigenvalue weighted by Crippen LogP contribution is -2.40. The fourth-order valence-corrected chi connectivity index (χ4v) is 4.42. The largest absolute Gasteiger partial charge is 0.398 e. The molecule has 8 nitrogen and oxygen atoms in total. The van der Waals surface area contributed by atoms with Gasteiger partial charge in [-0.1, -0.05) is 30.3 Å². The van der Waals surface area contributed by atoms with Gasteiger partial charge in [0, 0.05) is 11.1 Å². The van der Waals surface area contributed by atoms with Crippen molar-refractivity contribution < 1.29 is 25.9 Å². The van der Waals surface area contributed by atoms with Crippen molar-refractivity contribution in [2.45, 2.75) is 10.6 Å². The highest BCUT2D eigenvalue weighted by atomic mass is 32.2.